The van der Waals surface area contributed by atoms with Crippen LogP contribution in [-0.2, 0) is 6.54 Å². The van der Waals surface area contributed by atoms with E-state index in [0.29, 0.717) is 21.6 Å². The van der Waals surface area contributed by atoms with Gasteiger partial charge >= 0.3 is 6.16 Å². The number of nitrogens with zero attached hydrogens (tertiary/aromatic N) is 3. The number of H-pyrrole nitrogens is 1. The van der Waals surface area contributed by atoms with E-state index in [1.807, 2.05) is 24.3 Å². The lowest BCUT2D eigenvalue weighted by Gasteiger charge is -2.42. The summed E-state index contributed by atoms with van der Waals surface area (Å²) in [6, 6.07) is 9.14. The van der Waals surface area contributed by atoms with Crippen LogP contribution in [0, 0.1) is 0 Å². The molecule has 3 N–H and O–H groups in total. The normalized spacial score (nSPS) is 15.7. The summed E-state index contributed by atoms with van der Waals surface area (Å²) in [5, 5.41) is 19.2. The Morgan fingerprint density at radius 3 is 2.50 bits per heavy atom. The average molecular weight is 458 g/mol. The lowest BCUT2D eigenvalue weighted by molar-refractivity contribution is 0.0591. The predicted molar refractivity (Wildman–Crippen MR) is 124 cm³/mol. The zero-order valence-electron chi connectivity index (χ0n) is 18.3. The molecule has 32 heavy (non-hydrogen) atoms. The van der Waals surface area contributed by atoms with E-state index in [1.54, 1.807) is 0 Å². The van der Waals surface area contributed by atoms with Crippen LogP contribution >= 0.6 is 11.3 Å². The summed E-state index contributed by atoms with van der Waals surface area (Å²) < 4.78 is 4.66. The van der Waals surface area contributed by atoms with Crippen molar-refractivity contribution < 1.29 is 19.4 Å². The van der Waals surface area contributed by atoms with Gasteiger partial charge in [0.05, 0.1) is 5.39 Å². The van der Waals surface area contributed by atoms with Crippen molar-refractivity contribution in [2.45, 2.75) is 32.9 Å². The van der Waals surface area contributed by atoms with Crippen molar-refractivity contribution in [3.05, 3.63) is 41.5 Å². The first kappa shape index (κ1) is 22.3. The van der Waals surface area contributed by atoms with Crippen LogP contribution in [0.1, 0.15) is 36.7 Å². The number of thiophene rings is 1. The quantitative estimate of drug-likeness (QED) is 0.499. The zero-order chi connectivity index (χ0) is 22.9. The molecule has 3 aromatic rings. The van der Waals surface area contributed by atoms with E-state index < -0.39 is 6.16 Å². The Morgan fingerprint density at radius 1 is 1.19 bits per heavy atom. The molecule has 0 aliphatic carbocycles. The predicted octanol–water partition coefficient (Wildman–Crippen LogP) is 3.85. The first-order chi connectivity index (χ1) is 15.2. The third kappa shape index (κ3) is 5.09. The molecule has 0 saturated carbocycles. The van der Waals surface area contributed by atoms with Crippen LogP contribution in [0.4, 0.5) is 10.6 Å². The van der Waals surface area contributed by atoms with Crippen LogP contribution in [-0.4, -0.2) is 68.9 Å². The van der Waals surface area contributed by atoms with Gasteiger partial charge < -0.3 is 15.2 Å². The summed E-state index contributed by atoms with van der Waals surface area (Å²) in [6.45, 7) is 11.8. The number of nitrogens with one attached hydrogen (secondary N) is 2. The first-order valence-corrected chi connectivity index (χ1v) is 11.3. The number of fused-ring (bicyclic) bond motifs is 1. The topological polar surface area (TPSA) is 111 Å². The lowest BCUT2D eigenvalue weighted by Crippen LogP contribution is -2.53. The van der Waals surface area contributed by atoms with Crippen LogP contribution in [0.5, 0.6) is 5.06 Å². The monoisotopic (exact) mass is 457 g/mol. The van der Waals surface area contributed by atoms with Gasteiger partial charge in [-0.1, -0.05) is 23.5 Å². The van der Waals surface area contributed by atoms with Crippen molar-refractivity contribution in [2.24, 2.45) is 0 Å². The molecule has 4 rings (SSSR count). The lowest BCUT2D eigenvalue weighted by atomic mass is 10.0. The third-order valence-corrected chi connectivity index (χ3v) is 6.51. The number of amides is 1. The van der Waals surface area contributed by atoms with E-state index in [0.717, 1.165) is 44.1 Å². The molecule has 1 aromatic carbocycles. The molecule has 0 atom stereocenters. The second-order valence-electron chi connectivity index (χ2n) is 8.84. The molecule has 1 fully saturated rings. The molecular formula is C22H27N5O4S. The van der Waals surface area contributed by atoms with Crippen molar-refractivity contribution in [2.75, 3.05) is 31.5 Å². The zero-order valence-corrected chi connectivity index (χ0v) is 19.2. The summed E-state index contributed by atoms with van der Waals surface area (Å²) in [5.41, 5.74) is 1.91. The minimum Gasteiger partial charge on any atom is -0.449 e. The second kappa shape index (κ2) is 8.89. The fourth-order valence-electron chi connectivity index (χ4n) is 3.80. The molecule has 1 amide bonds. The Morgan fingerprint density at radius 2 is 1.88 bits per heavy atom. The van der Waals surface area contributed by atoms with Crippen LogP contribution in [0.15, 0.2) is 30.3 Å². The fourth-order valence-corrected chi connectivity index (χ4v) is 4.64. The highest BCUT2D eigenvalue weighted by atomic mass is 32.1. The Kier molecular flexibility index (Phi) is 6.18. The van der Waals surface area contributed by atoms with Gasteiger partial charge in [0.25, 0.3) is 5.91 Å². The molecule has 0 spiro atoms. The molecule has 0 radical (unpaired) electrons. The number of hydrogen-bond donors (Lipinski definition) is 3. The average Bonchev–Trinajstić information content (AvgIpc) is 3.29. The van der Waals surface area contributed by atoms with E-state index in [9.17, 15) is 9.59 Å². The molecule has 1 aliphatic rings. The summed E-state index contributed by atoms with van der Waals surface area (Å²) in [6.07, 6.45) is -1.39. The Hall–Kier alpha value is -2.95. The number of anilines is 1. The van der Waals surface area contributed by atoms with Crippen molar-refractivity contribution in [3.8, 4) is 5.06 Å². The number of aromatic amines is 1. The van der Waals surface area contributed by atoms with Gasteiger partial charge in [-0.3, -0.25) is 19.7 Å². The molecule has 10 heteroatoms. The highest BCUT2D eigenvalue weighted by molar-refractivity contribution is 7.20. The molecule has 9 nitrogen and oxygen atoms in total. The maximum absolute atomic E-state index is 12.7. The van der Waals surface area contributed by atoms with Crippen molar-refractivity contribution in [1.29, 1.82) is 0 Å². The standard InChI is InChI=1S/C22H27N5O4S/c1-22(2,3)27-10-8-26(9-11-27)13-14-4-6-15(7-5-14)19(28)23-18-16-12-17(31-21(29)30)32-20(16)25-24-18/h4-7,12H,8-11,13H2,1-3H3,(H,29,30)(H2,23,24,25,28). The van der Waals surface area contributed by atoms with Gasteiger partial charge in [-0.15, -0.1) is 0 Å². The van der Waals surface area contributed by atoms with Crippen molar-refractivity contribution >= 4 is 39.4 Å². The maximum atomic E-state index is 12.7. The molecule has 170 valence electrons. The summed E-state index contributed by atoms with van der Waals surface area (Å²) >= 11 is 1.08. The SMILES string of the molecule is CC(C)(C)N1CCN(Cc2ccc(C(=O)Nc3[nH]nc4sc(OC(=O)O)cc34)cc2)CC1. The molecule has 3 heterocycles. The summed E-state index contributed by atoms with van der Waals surface area (Å²) in [7, 11) is 0. The van der Waals surface area contributed by atoms with Crippen LogP contribution < -0.4 is 10.1 Å². The minimum absolute atomic E-state index is 0.201. The molecule has 1 saturated heterocycles. The van der Waals surface area contributed by atoms with Crippen LogP contribution in [0.3, 0.4) is 0 Å². The van der Waals surface area contributed by atoms with Crippen LogP contribution in [0.2, 0.25) is 0 Å². The van der Waals surface area contributed by atoms with E-state index in [1.165, 1.54) is 11.6 Å². The largest absolute Gasteiger partial charge is 0.512 e. The van der Waals surface area contributed by atoms with Gasteiger partial charge in [-0.25, -0.2) is 4.79 Å². The molecule has 1 aliphatic heterocycles. The highest BCUT2D eigenvalue weighted by Gasteiger charge is 2.25. The number of aromatic nitrogens is 2. The minimum atomic E-state index is -1.39. The Balaban J connectivity index is 1.35. The highest BCUT2D eigenvalue weighted by Crippen LogP contribution is 2.34. The van der Waals surface area contributed by atoms with Gasteiger partial charge in [0.15, 0.2) is 9.89 Å². The van der Waals surface area contributed by atoms with Gasteiger partial charge in [0.2, 0.25) is 0 Å². The fraction of sp³-hybridized carbons (Fsp3) is 0.409. The van der Waals surface area contributed by atoms with Gasteiger partial charge in [-0.2, -0.15) is 5.10 Å². The number of rotatable bonds is 5. The Bertz CT molecular complexity index is 1110. The number of ether oxygens (including phenoxy) is 1. The molecule has 2 aromatic heterocycles. The number of carbonyl (C=O) groups is 2. The number of carbonyl (C=O) groups excluding carboxylic acids is 1. The number of benzene rings is 1. The van der Waals surface area contributed by atoms with E-state index in [4.69, 9.17) is 5.11 Å². The second-order valence-corrected chi connectivity index (χ2v) is 9.83. The van der Waals surface area contributed by atoms with Gasteiger partial charge in [0, 0.05) is 49.9 Å². The van der Waals surface area contributed by atoms with Gasteiger partial charge in [-0.05, 0) is 38.5 Å². The van der Waals surface area contributed by atoms with E-state index in [2.05, 4.69) is 50.8 Å². The maximum Gasteiger partial charge on any atom is 0.512 e. The first-order valence-electron chi connectivity index (χ1n) is 10.5. The van der Waals surface area contributed by atoms with Crippen molar-refractivity contribution in [3.63, 3.8) is 0 Å². The number of piperazine rings is 1. The summed E-state index contributed by atoms with van der Waals surface area (Å²) in [5.74, 6) is 0.134. The number of hydrogen-bond acceptors (Lipinski definition) is 7. The van der Waals surface area contributed by atoms with E-state index in [-0.39, 0.29) is 16.5 Å². The van der Waals surface area contributed by atoms with Crippen LogP contribution in [0.25, 0.3) is 10.2 Å². The smallest absolute Gasteiger partial charge is 0.449 e. The number of carboxylic acid groups (broad SMARTS) is 1. The van der Waals surface area contributed by atoms with Crippen molar-refractivity contribution in [1.82, 2.24) is 20.0 Å². The Labute approximate surface area is 190 Å². The summed E-state index contributed by atoms with van der Waals surface area (Å²) in [4.78, 5) is 28.9. The molecular weight excluding hydrogens is 430 g/mol. The molecule has 0 bridgehead atoms. The third-order valence-electron chi connectivity index (χ3n) is 5.60. The van der Waals surface area contributed by atoms with E-state index >= 15 is 0 Å². The van der Waals surface area contributed by atoms with Gasteiger partial charge in [0.1, 0.15) is 5.82 Å². The molecule has 0 unspecified atom stereocenters.